The fourth-order valence-electron chi connectivity index (χ4n) is 2.32. The maximum Gasteiger partial charge on any atom is 0.270 e. The van der Waals surface area contributed by atoms with Crippen LogP contribution in [0.5, 0.6) is 0 Å². The molecular weight excluding hydrogens is 354 g/mol. The van der Waals surface area contributed by atoms with E-state index in [1.807, 2.05) is 18.2 Å². The topological polar surface area (TPSA) is 130 Å². The summed E-state index contributed by atoms with van der Waals surface area (Å²) in [6.45, 7) is 0.276. The van der Waals surface area contributed by atoms with Crippen molar-refractivity contribution in [2.24, 2.45) is 0 Å². The first kappa shape index (κ1) is 17.8. The van der Waals surface area contributed by atoms with Gasteiger partial charge in [0.1, 0.15) is 11.4 Å². The number of carbonyl (C=O) groups is 2. The first-order valence-electron chi connectivity index (χ1n) is 7.86. The predicted octanol–water partition coefficient (Wildman–Crippen LogP) is 0.926. The molecule has 0 aliphatic rings. The van der Waals surface area contributed by atoms with Gasteiger partial charge < -0.3 is 21.5 Å². The normalized spacial score (nSPS) is 10.7. The lowest BCUT2D eigenvalue weighted by Crippen LogP contribution is -2.29. The highest BCUT2D eigenvalue weighted by Gasteiger charge is 2.12. The molecule has 0 saturated carbocycles. The van der Waals surface area contributed by atoms with Gasteiger partial charge in [0, 0.05) is 13.1 Å². The number of hydrogen-bond donors (Lipinski definition) is 4. The van der Waals surface area contributed by atoms with Gasteiger partial charge in [-0.25, -0.2) is 9.97 Å². The maximum absolute atomic E-state index is 12.3. The van der Waals surface area contributed by atoms with Crippen LogP contribution in [0.4, 0.5) is 5.13 Å². The number of nitrogens with two attached hydrogens (primary N) is 1. The van der Waals surface area contributed by atoms with E-state index in [9.17, 15) is 9.59 Å². The summed E-state index contributed by atoms with van der Waals surface area (Å²) in [6.07, 6.45) is 0. The van der Waals surface area contributed by atoms with Crippen molar-refractivity contribution in [2.45, 2.75) is 6.54 Å². The number of amides is 2. The van der Waals surface area contributed by atoms with Crippen molar-refractivity contribution < 1.29 is 14.7 Å². The molecule has 0 bridgehead atoms. The lowest BCUT2D eigenvalue weighted by molar-refractivity contribution is 0.0937. The highest BCUT2D eigenvalue weighted by atomic mass is 32.1. The molecule has 5 N–H and O–H groups in total. The molecular formula is C17H17N5O3S. The molecule has 0 saturated heterocycles. The van der Waals surface area contributed by atoms with Crippen molar-refractivity contribution in [1.82, 2.24) is 20.6 Å². The molecule has 0 aliphatic carbocycles. The van der Waals surface area contributed by atoms with Crippen molar-refractivity contribution in [1.29, 1.82) is 0 Å². The van der Waals surface area contributed by atoms with E-state index in [1.165, 1.54) is 23.5 Å². The number of nitrogens with zero attached hydrogens (tertiary/aromatic N) is 2. The van der Waals surface area contributed by atoms with Gasteiger partial charge >= 0.3 is 0 Å². The first-order chi connectivity index (χ1) is 12.6. The zero-order valence-electron chi connectivity index (χ0n) is 13.7. The van der Waals surface area contributed by atoms with Crippen LogP contribution in [0.2, 0.25) is 0 Å². The summed E-state index contributed by atoms with van der Waals surface area (Å²) in [5.74, 6) is -0.826. The molecule has 8 nitrogen and oxygen atoms in total. The summed E-state index contributed by atoms with van der Waals surface area (Å²) < 4.78 is 0.954. The van der Waals surface area contributed by atoms with Gasteiger partial charge in [-0.05, 0) is 29.8 Å². The van der Waals surface area contributed by atoms with Crippen LogP contribution in [-0.2, 0) is 6.54 Å². The van der Waals surface area contributed by atoms with Crippen LogP contribution in [0.25, 0.3) is 10.2 Å². The molecule has 9 heteroatoms. The lowest BCUT2D eigenvalue weighted by atomic mass is 10.2. The third-order valence-electron chi connectivity index (χ3n) is 3.53. The van der Waals surface area contributed by atoms with E-state index in [0.717, 1.165) is 15.8 Å². The minimum absolute atomic E-state index is 0.118. The summed E-state index contributed by atoms with van der Waals surface area (Å²) in [5.41, 5.74) is 7.69. The molecule has 3 rings (SSSR count). The number of rotatable bonds is 6. The van der Waals surface area contributed by atoms with Crippen LogP contribution in [0.3, 0.4) is 0 Å². The quantitative estimate of drug-likeness (QED) is 0.510. The number of fused-ring (bicyclic) bond motifs is 1. The third-order valence-corrected chi connectivity index (χ3v) is 4.38. The zero-order valence-corrected chi connectivity index (χ0v) is 14.5. The number of aliphatic hydroxyl groups excluding tert-OH is 1. The molecule has 0 unspecified atom stereocenters. The molecule has 26 heavy (non-hydrogen) atoms. The summed E-state index contributed by atoms with van der Waals surface area (Å²) >= 11 is 1.39. The van der Waals surface area contributed by atoms with Crippen LogP contribution in [0.1, 0.15) is 26.5 Å². The standard InChI is InChI=1S/C17H17N5O3S/c18-17-22-11-5-4-10(8-14(11)26-17)9-20-16(25)13-3-1-2-12(21-13)15(24)19-6-7-23/h1-5,8,23H,6-7,9H2,(H2,18,22)(H,19,24)(H,20,25). The van der Waals surface area contributed by atoms with Crippen molar-refractivity contribution in [2.75, 3.05) is 18.9 Å². The zero-order chi connectivity index (χ0) is 18.5. The highest BCUT2D eigenvalue weighted by Crippen LogP contribution is 2.24. The summed E-state index contributed by atoms with van der Waals surface area (Å²) in [5, 5.41) is 14.5. The first-order valence-corrected chi connectivity index (χ1v) is 8.68. The Balaban J connectivity index is 1.66. The third kappa shape index (κ3) is 4.13. The Hall–Kier alpha value is -3.04. The Morgan fingerprint density at radius 1 is 1.08 bits per heavy atom. The smallest absolute Gasteiger partial charge is 0.270 e. The number of benzene rings is 1. The van der Waals surface area contributed by atoms with E-state index in [4.69, 9.17) is 10.8 Å². The molecule has 0 atom stereocenters. The second kappa shape index (κ2) is 7.89. The molecule has 0 fully saturated rings. The fourth-order valence-corrected chi connectivity index (χ4v) is 3.12. The Morgan fingerprint density at radius 2 is 1.81 bits per heavy atom. The van der Waals surface area contributed by atoms with E-state index in [1.54, 1.807) is 6.07 Å². The molecule has 2 amide bonds. The number of nitrogen functional groups attached to an aromatic ring is 1. The van der Waals surface area contributed by atoms with E-state index >= 15 is 0 Å². The SMILES string of the molecule is Nc1nc2ccc(CNC(=O)c3cccc(C(=O)NCCO)n3)cc2s1. The van der Waals surface area contributed by atoms with Crippen molar-refractivity contribution >= 4 is 38.5 Å². The molecule has 0 aliphatic heterocycles. The van der Waals surface area contributed by atoms with Crippen LogP contribution in [0.15, 0.2) is 36.4 Å². The average Bonchev–Trinajstić information content (AvgIpc) is 3.03. The molecule has 2 heterocycles. The number of pyridine rings is 1. The number of anilines is 1. The molecule has 2 aromatic heterocycles. The minimum atomic E-state index is -0.443. The Bertz CT molecular complexity index is 956. The second-order valence-corrected chi connectivity index (χ2v) is 6.49. The van der Waals surface area contributed by atoms with E-state index in [-0.39, 0.29) is 30.4 Å². The van der Waals surface area contributed by atoms with Crippen LogP contribution >= 0.6 is 11.3 Å². The van der Waals surface area contributed by atoms with Crippen molar-refractivity contribution in [3.8, 4) is 0 Å². The van der Waals surface area contributed by atoms with Gasteiger partial charge in [0.2, 0.25) is 0 Å². The van der Waals surface area contributed by atoms with E-state index < -0.39 is 5.91 Å². The highest BCUT2D eigenvalue weighted by molar-refractivity contribution is 7.22. The number of aliphatic hydroxyl groups is 1. The number of thiazole rings is 1. The van der Waals surface area contributed by atoms with E-state index in [2.05, 4.69) is 20.6 Å². The predicted molar refractivity (Wildman–Crippen MR) is 98.9 cm³/mol. The van der Waals surface area contributed by atoms with Gasteiger partial charge in [0.25, 0.3) is 11.8 Å². The van der Waals surface area contributed by atoms with Gasteiger partial charge in [-0.2, -0.15) is 0 Å². The molecule has 3 aromatic rings. The van der Waals surface area contributed by atoms with Crippen molar-refractivity contribution in [3.63, 3.8) is 0 Å². The summed E-state index contributed by atoms with van der Waals surface area (Å²) in [4.78, 5) is 32.4. The fraction of sp³-hybridized carbons (Fsp3) is 0.176. The van der Waals surface area contributed by atoms with Gasteiger partial charge in [-0.3, -0.25) is 9.59 Å². The number of nitrogens with one attached hydrogen (secondary N) is 2. The number of aromatic nitrogens is 2. The van der Waals surface area contributed by atoms with Crippen LogP contribution < -0.4 is 16.4 Å². The van der Waals surface area contributed by atoms with E-state index in [0.29, 0.717) is 11.7 Å². The Morgan fingerprint density at radius 3 is 2.54 bits per heavy atom. The lowest BCUT2D eigenvalue weighted by Gasteiger charge is -2.07. The monoisotopic (exact) mass is 371 g/mol. The van der Waals surface area contributed by atoms with Gasteiger partial charge in [-0.1, -0.05) is 23.5 Å². The largest absolute Gasteiger partial charge is 0.395 e. The number of carbonyl (C=O) groups excluding carboxylic acids is 2. The maximum atomic E-state index is 12.3. The molecule has 0 radical (unpaired) electrons. The van der Waals surface area contributed by atoms with Gasteiger partial charge in [-0.15, -0.1) is 0 Å². The molecule has 134 valence electrons. The van der Waals surface area contributed by atoms with Gasteiger partial charge in [0.15, 0.2) is 5.13 Å². The second-order valence-electron chi connectivity index (χ2n) is 5.42. The van der Waals surface area contributed by atoms with Gasteiger partial charge in [0.05, 0.1) is 16.8 Å². The minimum Gasteiger partial charge on any atom is -0.395 e. The number of hydrogen-bond acceptors (Lipinski definition) is 7. The van der Waals surface area contributed by atoms with Crippen LogP contribution in [-0.4, -0.2) is 40.0 Å². The summed E-state index contributed by atoms with van der Waals surface area (Å²) in [6, 6.07) is 10.3. The van der Waals surface area contributed by atoms with Crippen LogP contribution in [0, 0.1) is 0 Å². The Labute approximate surface area is 153 Å². The Kier molecular flexibility index (Phi) is 5.40. The summed E-state index contributed by atoms with van der Waals surface area (Å²) in [7, 11) is 0. The molecule has 1 aromatic carbocycles. The average molecular weight is 371 g/mol. The van der Waals surface area contributed by atoms with Crippen molar-refractivity contribution in [3.05, 3.63) is 53.3 Å². The molecule has 0 spiro atoms.